The summed E-state index contributed by atoms with van der Waals surface area (Å²) in [7, 11) is 0. The second-order valence-electron chi connectivity index (χ2n) is 4.34. The Morgan fingerprint density at radius 2 is 2.00 bits per heavy atom. The molecule has 1 aliphatic rings. The highest BCUT2D eigenvalue weighted by Crippen LogP contribution is 2.39. The van der Waals surface area contributed by atoms with E-state index in [2.05, 4.69) is 9.98 Å². The van der Waals surface area contributed by atoms with Crippen LogP contribution in [0.1, 0.15) is 26.7 Å². The number of aliphatic imine (C=N–C) groups is 2. The van der Waals surface area contributed by atoms with Gasteiger partial charge in [0.2, 0.25) is 12.2 Å². The summed E-state index contributed by atoms with van der Waals surface area (Å²) in [5, 5.41) is 0. The van der Waals surface area contributed by atoms with E-state index in [1.54, 1.807) is 0 Å². The molecular formula is C11H12N2O3. The van der Waals surface area contributed by atoms with E-state index in [0.29, 0.717) is 17.7 Å². The zero-order chi connectivity index (χ0) is 12.2. The van der Waals surface area contributed by atoms with Crippen molar-refractivity contribution < 1.29 is 14.4 Å². The molecular weight excluding hydrogens is 208 g/mol. The van der Waals surface area contributed by atoms with Gasteiger partial charge in [0.1, 0.15) is 5.78 Å². The van der Waals surface area contributed by atoms with Crippen LogP contribution >= 0.6 is 0 Å². The highest BCUT2D eigenvalue weighted by atomic mass is 16.1. The Morgan fingerprint density at radius 3 is 2.56 bits per heavy atom. The third kappa shape index (κ3) is 2.60. The number of allylic oxidation sites excluding steroid dienone is 1. The van der Waals surface area contributed by atoms with Crippen molar-refractivity contribution in [1.82, 2.24) is 0 Å². The van der Waals surface area contributed by atoms with Gasteiger partial charge in [0.05, 0.1) is 12.2 Å². The molecule has 0 fully saturated rings. The molecule has 0 unspecified atom stereocenters. The zero-order valence-corrected chi connectivity index (χ0v) is 9.24. The summed E-state index contributed by atoms with van der Waals surface area (Å²) in [4.78, 5) is 38.9. The lowest BCUT2D eigenvalue weighted by Crippen LogP contribution is -2.26. The summed E-state index contributed by atoms with van der Waals surface area (Å²) in [6.07, 6.45) is 3.41. The summed E-state index contributed by atoms with van der Waals surface area (Å²) >= 11 is 0. The molecule has 0 spiro atoms. The molecule has 0 heterocycles. The number of hydrogen-bond donors (Lipinski definition) is 0. The summed E-state index contributed by atoms with van der Waals surface area (Å²) in [5.41, 5.74) is 0.620. The van der Waals surface area contributed by atoms with Gasteiger partial charge in [0.25, 0.3) is 0 Å². The molecule has 0 aromatic rings. The average molecular weight is 220 g/mol. The summed E-state index contributed by atoms with van der Waals surface area (Å²) in [6.45, 7) is 3.72. The molecule has 1 rings (SSSR count). The molecule has 5 nitrogen and oxygen atoms in total. The first-order valence-electron chi connectivity index (χ1n) is 4.87. The molecule has 0 aliphatic heterocycles. The fraction of sp³-hybridized carbons (Fsp3) is 0.545. The molecule has 0 saturated carbocycles. The third-order valence-corrected chi connectivity index (χ3v) is 2.52. The molecule has 0 N–H and O–H groups in total. The molecule has 5 heteroatoms. The van der Waals surface area contributed by atoms with Gasteiger partial charge in [-0.3, -0.25) is 4.79 Å². The van der Waals surface area contributed by atoms with E-state index >= 15 is 0 Å². The van der Waals surface area contributed by atoms with Gasteiger partial charge in [-0.25, -0.2) is 14.6 Å². The Labute approximate surface area is 93.0 Å². The number of rotatable bonds is 3. The number of nitrogens with zero attached hydrogens (tertiary/aromatic N) is 2. The lowest BCUT2D eigenvalue weighted by atomic mass is 9.76. The van der Waals surface area contributed by atoms with Crippen LogP contribution in [0.2, 0.25) is 0 Å². The van der Waals surface area contributed by atoms with Crippen LogP contribution in [0.3, 0.4) is 0 Å². The minimum atomic E-state index is -0.500. The van der Waals surface area contributed by atoms with Crippen molar-refractivity contribution >= 4 is 17.9 Å². The van der Waals surface area contributed by atoms with Crippen LogP contribution in [0, 0.1) is 5.41 Å². The first-order chi connectivity index (χ1) is 7.51. The Kier molecular flexibility index (Phi) is 3.67. The van der Waals surface area contributed by atoms with Gasteiger partial charge in [0, 0.05) is 18.3 Å². The van der Waals surface area contributed by atoms with E-state index in [-0.39, 0.29) is 18.7 Å². The minimum Gasteiger partial charge on any atom is -0.299 e. The number of hydrogen-bond acceptors (Lipinski definition) is 5. The third-order valence-electron chi connectivity index (χ3n) is 2.52. The van der Waals surface area contributed by atoms with E-state index in [0.717, 1.165) is 0 Å². The van der Waals surface area contributed by atoms with E-state index in [1.807, 2.05) is 13.8 Å². The first kappa shape index (κ1) is 12.2. The maximum atomic E-state index is 11.5. The minimum absolute atomic E-state index is 0.0611. The molecule has 16 heavy (non-hydrogen) atoms. The second kappa shape index (κ2) is 4.79. The highest BCUT2D eigenvalue weighted by molar-refractivity contribution is 5.84. The predicted molar refractivity (Wildman–Crippen MR) is 56.2 cm³/mol. The average Bonchev–Trinajstić information content (AvgIpc) is 2.18. The Morgan fingerprint density at radius 1 is 1.31 bits per heavy atom. The highest BCUT2D eigenvalue weighted by Gasteiger charge is 2.34. The van der Waals surface area contributed by atoms with Crippen molar-refractivity contribution in [1.29, 1.82) is 0 Å². The van der Waals surface area contributed by atoms with Crippen molar-refractivity contribution in [2.24, 2.45) is 15.4 Å². The van der Waals surface area contributed by atoms with Crippen molar-refractivity contribution in [2.45, 2.75) is 26.7 Å². The number of Topliss-reactive ketones (excluding diaryl/α,β-unsaturated/α-hetero) is 1. The van der Waals surface area contributed by atoms with Gasteiger partial charge in [0.15, 0.2) is 0 Å². The van der Waals surface area contributed by atoms with E-state index in [9.17, 15) is 14.4 Å². The van der Waals surface area contributed by atoms with Crippen LogP contribution in [-0.4, -0.2) is 24.5 Å². The molecule has 1 aliphatic carbocycles. The van der Waals surface area contributed by atoms with Crippen molar-refractivity contribution in [3.05, 3.63) is 11.3 Å². The van der Waals surface area contributed by atoms with Crippen LogP contribution in [0.5, 0.6) is 0 Å². The molecule has 0 bridgehead atoms. The fourth-order valence-electron chi connectivity index (χ4n) is 1.97. The van der Waals surface area contributed by atoms with Gasteiger partial charge < -0.3 is 0 Å². The topological polar surface area (TPSA) is 75.9 Å². The molecule has 0 atom stereocenters. The molecule has 0 aromatic carbocycles. The molecule has 84 valence electrons. The number of carbonyl (C=O) groups is 1. The smallest absolute Gasteiger partial charge is 0.240 e. The van der Waals surface area contributed by atoms with Crippen LogP contribution in [0.15, 0.2) is 21.3 Å². The number of isocyanates is 2. The summed E-state index contributed by atoms with van der Waals surface area (Å²) in [6, 6.07) is 0. The molecule has 0 radical (unpaired) electrons. The zero-order valence-electron chi connectivity index (χ0n) is 9.24. The van der Waals surface area contributed by atoms with Crippen LogP contribution in [0.25, 0.3) is 0 Å². The van der Waals surface area contributed by atoms with Crippen molar-refractivity contribution in [3.8, 4) is 0 Å². The summed E-state index contributed by atoms with van der Waals surface area (Å²) < 4.78 is 0. The molecule has 0 saturated heterocycles. The summed E-state index contributed by atoms with van der Waals surface area (Å²) in [5.74, 6) is 0.0611. The van der Waals surface area contributed by atoms with E-state index in [4.69, 9.17) is 0 Å². The maximum Gasteiger partial charge on any atom is 0.240 e. The van der Waals surface area contributed by atoms with Gasteiger partial charge in [-0.15, -0.1) is 0 Å². The fourth-order valence-corrected chi connectivity index (χ4v) is 1.97. The maximum absolute atomic E-state index is 11.5. The lowest BCUT2D eigenvalue weighted by Gasteiger charge is -2.30. The Bertz CT molecular complexity index is 436. The number of ketones is 1. The van der Waals surface area contributed by atoms with Crippen molar-refractivity contribution in [2.75, 3.05) is 6.54 Å². The second-order valence-corrected chi connectivity index (χ2v) is 4.34. The molecule has 0 amide bonds. The standard InChI is InChI=1S/C11H12N2O3/c1-11(2)4-9(16)3-8(5-12-6-14)10(11)13-7-15/h3-5H2,1-2H3. The van der Waals surface area contributed by atoms with E-state index < -0.39 is 5.41 Å². The monoisotopic (exact) mass is 220 g/mol. The van der Waals surface area contributed by atoms with Crippen LogP contribution in [-0.2, 0) is 14.4 Å². The lowest BCUT2D eigenvalue weighted by molar-refractivity contribution is -0.120. The van der Waals surface area contributed by atoms with Crippen molar-refractivity contribution in [3.63, 3.8) is 0 Å². The normalized spacial score (nSPS) is 18.8. The Balaban J connectivity index is 3.23. The largest absolute Gasteiger partial charge is 0.299 e. The SMILES string of the molecule is CC1(C)CC(=O)CC(CN=C=O)=C1N=C=O. The van der Waals surface area contributed by atoms with E-state index in [1.165, 1.54) is 12.2 Å². The molecule has 0 aromatic heterocycles. The van der Waals surface area contributed by atoms with Gasteiger partial charge in [-0.1, -0.05) is 13.8 Å². The van der Waals surface area contributed by atoms with Gasteiger partial charge in [-0.2, -0.15) is 4.99 Å². The predicted octanol–water partition coefficient (Wildman–Crippen LogP) is 1.30. The Hall–Kier alpha value is -1.83. The first-order valence-corrected chi connectivity index (χ1v) is 4.87. The van der Waals surface area contributed by atoms with Crippen LogP contribution < -0.4 is 0 Å². The number of carbonyl (C=O) groups excluding carboxylic acids is 3. The quantitative estimate of drug-likeness (QED) is 0.531. The van der Waals surface area contributed by atoms with Crippen LogP contribution in [0.4, 0.5) is 0 Å². The van der Waals surface area contributed by atoms with Gasteiger partial charge >= 0.3 is 0 Å². The van der Waals surface area contributed by atoms with Gasteiger partial charge in [-0.05, 0) is 5.57 Å².